The summed E-state index contributed by atoms with van der Waals surface area (Å²) in [6.07, 6.45) is 39.2. The molecule has 2 atom stereocenters. The number of esters is 2. The van der Waals surface area contributed by atoms with Crippen molar-refractivity contribution in [3.05, 3.63) is 24.3 Å². The monoisotopic (exact) mass is 786 g/mol. The molecule has 0 radical (unpaired) electrons. The van der Waals surface area contributed by atoms with Crippen molar-refractivity contribution in [2.24, 2.45) is 0 Å². The number of nitrogens with zero attached hydrogens (tertiary/aromatic N) is 1. The van der Waals surface area contributed by atoms with Gasteiger partial charge in [-0.3, -0.25) is 14.2 Å². The zero-order valence-electron chi connectivity index (χ0n) is 35.7. The third-order valence-electron chi connectivity index (χ3n) is 9.44. The molecule has 0 spiro atoms. The van der Waals surface area contributed by atoms with Crippen LogP contribution >= 0.6 is 7.82 Å². The molecule has 9 nitrogen and oxygen atoms in total. The summed E-state index contributed by atoms with van der Waals surface area (Å²) in [5.74, 6) is -0.882. The minimum absolute atomic E-state index is 0.0359. The first-order valence-corrected chi connectivity index (χ1v) is 23.5. The highest BCUT2D eigenvalue weighted by Crippen LogP contribution is 2.38. The van der Waals surface area contributed by atoms with E-state index in [1.54, 1.807) is 0 Å². The van der Waals surface area contributed by atoms with Crippen molar-refractivity contribution in [1.82, 2.24) is 0 Å². The predicted octanol–water partition coefficient (Wildman–Crippen LogP) is 11.7. The zero-order chi connectivity index (χ0) is 40.0. The molecule has 0 saturated carbocycles. The van der Waals surface area contributed by atoms with Gasteiger partial charge < -0.3 is 27.9 Å². The van der Waals surface area contributed by atoms with Gasteiger partial charge in [0.25, 0.3) is 7.82 Å². The molecule has 0 N–H and O–H groups in total. The Hall–Kier alpha value is -1.51. The normalized spacial score (nSPS) is 13.8. The van der Waals surface area contributed by atoms with E-state index in [0.29, 0.717) is 23.9 Å². The standard InChI is InChI=1S/C44H84NO8P/c1-6-8-10-12-14-16-18-20-22-24-26-28-30-32-34-36-43(46)50-40-42(41-52-54(48,49)51-39-38-45(3,4)5)53-44(47)37-35-33-31-29-27-25-23-21-19-17-15-13-11-9-7-2/h26-29,42H,6-25,30-41H2,1-5H3/b28-26-,29-27-/t42-/m1/s1. The van der Waals surface area contributed by atoms with Crippen molar-refractivity contribution in [2.75, 3.05) is 47.5 Å². The molecule has 0 heterocycles. The molecule has 0 aromatic rings. The number of ether oxygens (including phenoxy) is 2. The van der Waals surface area contributed by atoms with Crippen LogP contribution in [0.1, 0.15) is 194 Å². The first-order chi connectivity index (χ1) is 26.0. The highest BCUT2D eigenvalue weighted by atomic mass is 31.2. The van der Waals surface area contributed by atoms with Gasteiger partial charge >= 0.3 is 11.9 Å². The smallest absolute Gasteiger partial charge is 0.306 e. The van der Waals surface area contributed by atoms with Gasteiger partial charge in [0.1, 0.15) is 19.8 Å². The molecule has 0 aromatic heterocycles. The van der Waals surface area contributed by atoms with Gasteiger partial charge in [0.05, 0.1) is 27.7 Å². The maximum absolute atomic E-state index is 12.6. The lowest BCUT2D eigenvalue weighted by molar-refractivity contribution is -0.870. The largest absolute Gasteiger partial charge is 0.756 e. The molecule has 10 heteroatoms. The van der Waals surface area contributed by atoms with Crippen molar-refractivity contribution in [3.8, 4) is 0 Å². The van der Waals surface area contributed by atoms with Crippen LogP contribution in [-0.2, 0) is 32.7 Å². The van der Waals surface area contributed by atoms with Crippen LogP contribution in [0.3, 0.4) is 0 Å². The molecule has 0 aliphatic carbocycles. The van der Waals surface area contributed by atoms with Crippen LogP contribution in [0.15, 0.2) is 24.3 Å². The molecule has 0 fully saturated rings. The summed E-state index contributed by atoms with van der Waals surface area (Å²) in [5.41, 5.74) is 0. The van der Waals surface area contributed by atoms with E-state index in [4.69, 9.17) is 18.5 Å². The van der Waals surface area contributed by atoms with Crippen molar-refractivity contribution < 1.29 is 42.1 Å². The molecule has 54 heavy (non-hydrogen) atoms. The number of carbonyl (C=O) groups is 2. The number of rotatable bonds is 40. The van der Waals surface area contributed by atoms with Gasteiger partial charge in [0.2, 0.25) is 0 Å². The Morgan fingerprint density at radius 1 is 0.556 bits per heavy atom. The number of phosphoric ester groups is 1. The molecular formula is C44H84NO8P. The number of likely N-dealkylation sites (N-methyl/N-ethyl adjacent to an activating group) is 1. The molecular weight excluding hydrogens is 701 g/mol. The van der Waals surface area contributed by atoms with Crippen molar-refractivity contribution >= 4 is 19.8 Å². The molecule has 0 aliphatic rings. The highest BCUT2D eigenvalue weighted by Gasteiger charge is 2.21. The molecule has 0 bridgehead atoms. The highest BCUT2D eigenvalue weighted by molar-refractivity contribution is 7.45. The number of quaternary nitrogens is 1. The second-order valence-corrected chi connectivity index (χ2v) is 17.5. The summed E-state index contributed by atoms with van der Waals surface area (Å²) in [6.45, 7) is 4.19. The lowest BCUT2D eigenvalue weighted by atomic mass is 10.1. The Labute approximate surface area is 332 Å². The summed E-state index contributed by atoms with van der Waals surface area (Å²) in [4.78, 5) is 37.5. The third-order valence-corrected chi connectivity index (χ3v) is 10.4. The lowest BCUT2D eigenvalue weighted by Crippen LogP contribution is -2.37. The van der Waals surface area contributed by atoms with Gasteiger partial charge in [-0.05, 0) is 64.2 Å². The van der Waals surface area contributed by atoms with E-state index >= 15 is 0 Å². The maximum atomic E-state index is 12.6. The Bertz CT molecular complexity index is 980. The second kappa shape index (κ2) is 37.1. The summed E-state index contributed by atoms with van der Waals surface area (Å²) in [6, 6.07) is 0. The van der Waals surface area contributed by atoms with Crippen LogP contribution < -0.4 is 4.89 Å². The zero-order valence-corrected chi connectivity index (χ0v) is 36.6. The number of unbranched alkanes of at least 4 members (excludes halogenated alkanes) is 22. The van der Waals surface area contributed by atoms with E-state index in [1.165, 1.54) is 116 Å². The van der Waals surface area contributed by atoms with Crippen LogP contribution in [0.2, 0.25) is 0 Å². The number of phosphoric acid groups is 1. The SMILES string of the molecule is CCCCCCCCCCC/C=C\CCCCC(=O)OC[C@H](COP(=O)([O-])OCC[N+](C)(C)C)OC(=O)CCCC/C=C\CCCCCCCCCCC. The topological polar surface area (TPSA) is 111 Å². The Morgan fingerprint density at radius 3 is 1.37 bits per heavy atom. The second-order valence-electron chi connectivity index (χ2n) is 16.1. The van der Waals surface area contributed by atoms with E-state index in [9.17, 15) is 19.0 Å². The number of allylic oxidation sites excluding steroid dienone is 4. The van der Waals surface area contributed by atoms with Crippen molar-refractivity contribution in [3.63, 3.8) is 0 Å². The molecule has 0 amide bonds. The van der Waals surface area contributed by atoms with Crippen LogP contribution in [0.25, 0.3) is 0 Å². The number of carbonyl (C=O) groups excluding carboxylic acids is 2. The maximum Gasteiger partial charge on any atom is 0.306 e. The summed E-state index contributed by atoms with van der Waals surface area (Å²) in [5, 5.41) is 0. The minimum atomic E-state index is -4.63. The van der Waals surface area contributed by atoms with Gasteiger partial charge in [-0.2, -0.15) is 0 Å². The molecule has 0 saturated heterocycles. The van der Waals surface area contributed by atoms with Gasteiger partial charge in [0.15, 0.2) is 6.10 Å². The van der Waals surface area contributed by atoms with E-state index in [2.05, 4.69) is 38.2 Å². The van der Waals surface area contributed by atoms with Crippen molar-refractivity contribution in [2.45, 2.75) is 200 Å². The third kappa shape index (κ3) is 40.2. The number of hydrogen-bond acceptors (Lipinski definition) is 8. The van der Waals surface area contributed by atoms with Gasteiger partial charge in [-0.1, -0.05) is 141 Å². The van der Waals surface area contributed by atoms with E-state index in [0.717, 1.165) is 38.5 Å². The Morgan fingerprint density at radius 2 is 0.944 bits per heavy atom. The van der Waals surface area contributed by atoms with E-state index in [1.807, 2.05) is 21.1 Å². The summed E-state index contributed by atoms with van der Waals surface area (Å²) < 4.78 is 33.8. The quantitative estimate of drug-likeness (QED) is 0.0198. The average molecular weight is 786 g/mol. The molecule has 0 aromatic carbocycles. The fraction of sp³-hybridized carbons (Fsp3) is 0.864. The molecule has 318 valence electrons. The summed E-state index contributed by atoms with van der Waals surface area (Å²) in [7, 11) is 1.15. The molecule has 0 rings (SSSR count). The molecule has 0 aliphatic heterocycles. The first-order valence-electron chi connectivity index (χ1n) is 22.0. The van der Waals surface area contributed by atoms with Crippen LogP contribution in [0, 0.1) is 0 Å². The van der Waals surface area contributed by atoms with Gasteiger partial charge in [0, 0.05) is 12.8 Å². The van der Waals surface area contributed by atoms with E-state index in [-0.39, 0.29) is 26.1 Å². The molecule has 1 unspecified atom stereocenters. The fourth-order valence-electron chi connectivity index (χ4n) is 5.94. The predicted molar refractivity (Wildman–Crippen MR) is 222 cm³/mol. The average Bonchev–Trinajstić information content (AvgIpc) is 3.12. The fourth-order valence-corrected chi connectivity index (χ4v) is 6.67. The van der Waals surface area contributed by atoms with Crippen LogP contribution in [0.4, 0.5) is 0 Å². The van der Waals surface area contributed by atoms with Gasteiger partial charge in [-0.15, -0.1) is 0 Å². The lowest BCUT2D eigenvalue weighted by Gasteiger charge is -2.28. The van der Waals surface area contributed by atoms with E-state index < -0.39 is 32.5 Å². The van der Waals surface area contributed by atoms with Crippen molar-refractivity contribution in [1.29, 1.82) is 0 Å². The summed E-state index contributed by atoms with van der Waals surface area (Å²) >= 11 is 0. The van der Waals surface area contributed by atoms with Crippen LogP contribution in [0.5, 0.6) is 0 Å². The minimum Gasteiger partial charge on any atom is -0.756 e. The van der Waals surface area contributed by atoms with Crippen LogP contribution in [-0.4, -0.2) is 70.0 Å². The Kier molecular flexibility index (Phi) is 36.1. The first kappa shape index (κ1) is 52.5. The van der Waals surface area contributed by atoms with Gasteiger partial charge in [-0.25, -0.2) is 0 Å². The number of hydrogen-bond donors (Lipinski definition) is 0. The Balaban J connectivity index is 4.41.